The molecule has 1 aliphatic carbocycles. The number of rotatable bonds is 4. The fraction of sp³-hybridized carbons (Fsp3) is 0.588. The average Bonchev–Trinajstić information content (AvgIpc) is 3.27. The number of nitrogens with zero attached hydrogens (tertiary/aromatic N) is 1. The van der Waals surface area contributed by atoms with Gasteiger partial charge in [-0.05, 0) is 56.7 Å². The number of carbonyl (C=O) groups excluding carboxylic acids is 1. The lowest BCUT2D eigenvalue weighted by atomic mass is 9.98. The third-order valence-electron chi connectivity index (χ3n) is 4.36. The quantitative estimate of drug-likeness (QED) is 0.926. The van der Waals surface area contributed by atoms with Crippen molar-refractivity contribution in [2.24, 2.45) is 11.7 Å². The molecule has 1 heterocycles. The summed E-state index contributed by atoms with van der Waals surface area (Å²) in [6.45, 7) is 6.44. The summed E-state index contributed by atoms with van der Waals surface area (Å²) in [6.07, 6.45) is 3.33. The van der Waals surface area contributed by atoms with Crippen LogP contribution in [-0.2, 0) is 4.79 Å². The predicted octanol–water partition coefficient (Wildman–Crippen LogP) is 3.01. The first-order chi connectivity index (χ1) is 9.94. The maximum absolute atomic E-state index is 12.6. The van der Waals surface area contributed by atoms with Gasteiger partial charge in [0, 0.05) is 12.6 Å². The van der Waals surface area contributed by atoms with Crippen molar-refractivity contribution in [3.05, 3.63) is 23.8 Å². The summed E-state index contributed by atoms with van der Waals surface area (Å²) in [5.74, 6) is 1.40. The van der Waals surface area contributed by atoms with Gasteiger partial charge in [-0.15, -0.1) is 0 Å². The third kappa shape index (κ3) is 2.53. The maximum atomic E-state index is 12.6. The minimum atomic E-state index is -0.803. The Labute approximate surface area is 126 Å². The van der Waals surface area contributed by atoms with Gasteiger partial charge >= 0.3 is 0 Å². The Morgan fingerprint density at radius 1 is 1.43 bits per heavy atom. The summed E-state index contributed by atoms with van der Waals surface area (Å²) in [5, 5.41) is 0. The van der Waals surface area contributed by atoms with Crippen molar-refractivity contribution in [1.82, 2.24) is 0 Å². The van der Waals surface area contributed by atoms with Crippen LogP contribution in [0.25, 0.3) is 0 Å². The second kappa shape index (κ2) is 5.02. The highest BCUT2D eigenvalue weighted by atomic mass is 16.5. The highest BCUT2D eigenvalue weighted by Gasteiger charge is 2.41. The molecule has 0 spiro atoms. The van der Waals surface area contributed by atoms with E-state index in [4.69, 9.17) is 10.5 Å². The van der Waals surface area contributed by atoms with Crippen molar-refractivity contribution >= 4 is 11.6 Å². The standard InChI is InChI=1S/C17H24N2O2/c1-4-9-19-13-10-12(15(18)11-5-6-11)7-8-14(13)21-17(2,3)16(19)20/h7-8,10-11,15H,4-6,9,18H2,1-3H3. The number of nitrogens with two attached hydrogens (primary N) is 1. The van der Waals surface area contributed by atoms with E-state index in [0.717, 1.165) is 23.4 Å². The lowest BCUT2D eigenvalue weighted by Gasteiger charge is -2.39. The number of ether oxygens (including phenoxy) is 1. The summed E-state index contributed by atoms with van der Waals surface area (Å²) >= 11 is 0. The molecule has 0 bridgehead atoms. The Bertz CT molecular complexity index is 564. The van der Waals surface area contributed by atoms with Crippen LogP contribution in [0.2, 0.25) is 0 Å². The summed E-state index contributed by atoms with van der Waals surface area (Å²) in [5.41, 5.74) is 7.47. The van der Waals surface area contributed by atoms with E-state index in [2.05, 4.69) is 6.92 Å². The van der Waals surface area contributed by atoms with E-state index in [-0.39, 0.29) is 11.9 Å². The van der Waals surface area contributed by atoms with E-state index in [1.165, 1.54) is 12.8 Å². The van der Waals surface area contributed by atoms with E-state index >= 15 is 0 Å². The molecule has 1 aliphatic heterocycles. The number of hydrogen-bond acceptors (Lipinski definition) is 3. The van der Waals surface area contributed by atoms with Gasteiger partial charge in [-0.1, -0.05) is 13.0 Å². The molecule has 1 fully saturated rings. The number of fused-ring (bicyclic) bond motifs is 1. The smallest absolute Gasteiger partial charge is 0.270 e. The maximum Gasteiger partial charge on any atom is 0.270 e. The Balaban J connectivity index is 2.00. The van der Waals surface area contributed by atoms with E-state index in [9.17, 15) is 4.79 Å². The lowest BCUT2D eigenvalue weighted by molar-refractivity contribution is -0.132. The zero-order valence-corrected chi connectivity index (χ0v) is 13.1. The number of benzene rings is 1. The number of anilines is 1. The molecular formula is C17H24N2O2. The van der Waals surface area contributed by atoms with Crippen LogP contribution in [0.3, 0.4) is 0 Å². The molecule has 3 rings (SSSR count). The summed E-state index contributed by atoms with van der Waals surface area (Å²) < 4.78 is 5.89. The second-order valence-electron chi connectivity index (χ2n) is 6.66. The zero-order chi connectivity index (χ0) is 15.2. The van der Waals surface area contributed by atoms with Crippen molar-refractivity contribution < 1.29 is 9.53 Å². The molecule has 21 heavy (non-hydrogen) atoms. The highest BCUT2D eigenvalue weighted by molar-refractivity contribution is 6.02. The van der Waals surface area contributed by atoms with Gasteiger partial charge in [0.05, 0.1) is 5.69 Å². The Hall–Kier alpha value is -1.55. The predicted molar refractivity (Wildman–Crippen MR) is 83.4 cm³/mol. The van der Waals surface area contributed by atoms with Crippen LogP contribution in [0.5, 0.6) is 5.75 Å². The molecule has 0 aromatic heterocycles. The van der Waals surface area contributed by atoms with Crippen molar-refractivity contribution in [3.8, 4) is 5.75 Å². The van der Waals surface area contributed by atoms with E-state index in [1.54, 1.807) is 0 Å². The normalized spacial score (nSPS) is 21.7. The van der Waals surface area contributed by atoms with E-state index < -0.39 is 5.60 Å². The highest BCUT2D eigenvalue weighted by Crippen LogP contribution is 2.43. The molecular weight excluding hydrogens is 264 g/mol. The van der Waals surface area contributed by atoms with E-state index in [0.29, 0.717) is 12.5 Å². The van der Waals surface area contributed by atoms with Gasteiger partial charge in [-0.3, -0.25) is 4.79 Å². The van der Waals surface area contributed by atoms with Gasteiger partial charge in [-0.2, -0.15) is 0 Å². The first kappa shape index (κ1) is 14.4. The molecule has 1 aromatic rings. The van der Waals surface area contributed by atoms with E-state index in [1.807, 2.05) is 36.9 Å². The van der Waals surface area contributed by atoms with Crippen LogP contribution in [0.15, 0.2) is 18.2 Å². The van der Waals surface area contributed by atoms with Crippen LogP contribution >= 0.6 is 0 Å². The largest absolute Gasteiger partial charge is 0.476 e. The minimum absolute atomic E-state index is 0.0222. The van der Waals surface area contributed by atoms with Crippen LogP contribution in [-0.4, -0.2) is 18.1 Å². The van der Waals surface area contributed by atoms with Crippen LogP contribution in [0.4, 0.5) is 5.69 Å². The number of hydrogen-bond donors (Lipinski definition) is 1. The lowest BCUT2D eigenvalue weighted by Crippen LogP contribution is -2.52. The van der Waals surface area contributed by atoms with Gasteiger partial charge in [0.2, 0.25) is 0 Å². The number of amides is 1. The summed E-state index contributed by atoms with van der Waals surface area (Å²) in [4.78, 5) is 14.4. The van der Waals surface area contributed by atoms with Gasteiger partial charge in [0.15, 0.2) is 5.60 Å². The molecule has 1 atom stereocenters. The van der Waals surface area contributed by atoms with Crippen LogP contribution in [0.1, 0.15) is 51.6 Å². The average molecular weight is 288 g/mol. The first-order valence-corrected chi connectivity index (χ1v) is 7.84. The van der Waals surface area contributed by atoms with Gasteiger partial charge < -0.3 is 15.4 Å². The van der Waals surface area contributed by atoms with Gasteiger partial charge in [0.1, 0.15) is 5.75 Å². The SMILES string of the molecule is CCCN1C(=O)C(C)(C)Oc2ccc(C(N)C3CC3)cc21. The number of carbonyl (C=O) groups is 1. The fourth-order valence-corrected chi connectivity index (χ4v) is 2.97. The van der Waals surface area contributed by atoms with Crippen molar-refractivity contribution in [2.45, 2.75) is 51.7 Å². The first-order valence-electron chi connectivity index (χ1n) is 7.84. The molecule has 1 saturated carbocycles. The molecule has 1 amide bonds. The molecule has 1 unspecified atom stereocenters. The molecule has 2 aliphatic rings. The van der Waals surface area contributed by atoms with Crippen molar-refractivity contribution in [2.75, 3.05) is 11.4 Å². The van der Waals surface area contributed by atoms with Crippen LogP contribution < -0.4 is 15.4 Å². The molecule has 4 heteroatoms. The molecule has 4 nitrogen and oxygen atoms in total. The fourth-order valence-electron chi connectivity index (χ4n) is 2.97. The molecule has 1 aromatic carbocycles. The molecule has 0 radical (unpaired) electrons. The topological polar surface area (TPSA) is 55.6 Å². The second-order valence-corrected chi connectivity index (χ2v) is 6.66. The van der Waals surface area contributed by atoms with Crippen LogP contribution in [0, 0.1) is 5.92 Å². The monoisotopic (exact) mass is 288 g/mol. The van der Waals surface area contributed by atoms with Crippen molar-refractivity contribution in [3.63, 3.8) is 0 Å². The third-order valence-corrected chi connectivity index (χ3v) is 4.36. The Kier molecular flexibility index (Phi) is 3.44. The summed E-state index contributed by atoms with van der Waals surface area (Å²) in [7, 11) is 0. The zero-order valence-electron chi connectivity index (χ0n) is 13.1. The van der Waals surface area contributed by atoms with Gasteiger partial charge in [0.25, 0.3) is 5.91 Å². The Morgan fingerprint density at radius 2 is 2.14 bits per heavy atom. The minimum Gasteiger partial charge on any atom is -0.476 e. The Morgan fingerprint density at radius 3 is 2.76 bits per heavy atom. The van der Waals surface area contributed by atoms with Gasteiger partial charge in [-0.25, -0.2) is 0 Å². The molecule has 2 N–H and O–H groups in total. The summed E-state index contributed by atoms with van der Waals surface area (Å²) in [6, 6.07) is 6.12. The van der Waals surface area contributed by atoms with Crippen molar-refractivity contribution in [1.29, 1.82) is 0 Å². The molecule has 114 valence electrons. The molecule has 0 saturated heterocycles.